The van der Waals surface area contributed by atoms with Crippen LogP contribution in [-0.2, 0) is 6.42 Å². The number of nitrogen functional groups attached to an aromatic ring is 1. The fourth-order valence-corrected chi connectivity index (χ4v) is 2.14. The van der Waals surface area contributed by atoms with Crippen molar-refractivity contribution in [2.75, 3.05) is 5.73 Å². The Balaban J connectivity index is 2.25. The van der Waals surface area contributed by atoms with E-state index in [1.165, 1.54) is 0 Å². The van der Waals surface area contributed by atoms with E-state index in [0.29, 0.717) is 5.69 Å². The molecule has 0 atom stereocenters. The Morgan fingerprint density at radius 3 is 3.00 bits per heavy atom. The van der Waals surface area contributed by atoms with Crippen molar-refractivity contribution < 1.29 is 0 Å². The molecule has 19 heavy (non-hydrogen) atoms. The highest BCUT2D eigenvalue weighted by Crippen LogP contribution is 2.25. The lowest BCUT2D eigenvalue weighted by atomic mass is 10.1. The van der Waals surface area contributed by atoms with Gasteiger partial charge in [-0.15, -0.1) is 5.10 Å². The highest BCUT2D eigenvalue weighted by Gasteiger charge is 2.12. The monoisotopic (exact) mass is 254 g/mol. The molecule has 96 valence electrons. The highest BCUT2D eigenvalue weighted by molar-refractivity contribution is 5.95. The van der Waals surface area contributed by atoms with E-state index in [4.69, 9.17) is 5.73 Å². The summed E-state index contributed by atoms with van der Waals surface area (Å²) in [4.78, 5) is 4.32. The quantitative estimate of drug-likeness (QED) is 0.720. The van der Waals surface area contributed by atoms with Gasteiger partial charge in [-0.1, -0.05) is 6.92 Å². The van der Waals surface area contributed by atoms with Crippen molar-refractivity contribution in [2.24, 2.45) is 0 Å². The molecule has 0 radical (unpaired) electrons. The van der Waals surface area contributed by atoms with Crippen LogP contribution in [0.2, 0.25) is 0 Å². The Bertz CT molecular complexity index is 718. The second-order valence-electron chi connectivity index (χ2n) is 4.33. The zero-order valence-corrected chi connectivity index (χ0v) is 10.6. The van der Waals surface area contributed by atoms with Crippen LogP contribution in [0, 0.1) is 0 Å². The number of nitrogens with two attached hydrogens (primary N) is 1. The molecule has 2 heterocycles. The molecule has 3 aromatic rings. The summed E-state index contributed by atoms with van der Waals surface area (Å²) in [6.07, 6.45) is 3.56. The number of nitrogens with zero attached hydrogens (tertiary/aromatic N) is 5. The second-order valence-corrected chi connectivity index (χ2v) is 4.33. The van der Waals surface area contributed by atoms with Crippen molar-refractivity contribution in [1.29, 1.82) is 0 Å². The predicted octanol–water partition coefficient (Wildman–Crippen LogP) is 1.75. The molecule has 1 aromatic carbocycles. The Hall–Kier alpha value is -2.50. The second kappa shape index (κ2) is 4.64. The number of benzene rings is 1. The van der Waals surface area contributed by atoms with E-state index in [2.05, 4.69) is 27.4 Å². The normalized spacial score (nSPS) is 11.0. The van der Waals surface area contributed by atoms with Gasteiger partial charge in [-0.2, -0.15) is 4.68 Å². The smallest absolute Gasteiger partial charge is 0.156 e. The molecule has 6 heteroatoms. The number of aromatic nitrogens is 5. The van der Waals surface area contributed by atoms with Gasteiger partial charge in [0.25, 0.3) is 0 Å². The van der Waals surface area contributed by atoms with E-state index < -0.39 is 0 Å². The van der Waals surface area contributed by atoms with Gasteiger partial charge >= 0.3 is 0 Å². The molecule has 0 saturated carbocycles. The Morgan fingerprint density at radius 1 is 1.26 bits per heavy atom. The summed E-state index contributed by atoms with van der Waals surface area (Å²) < 4.78 is 1.76. The molecule has 3 rings (SSSR count). The maximum absolute atomic E-state index is 5.95. The van der Waals surface area contributed by atoms with Gasteiger partial charge in [-0.3, -0.25) is 4.98 Å². The first kappa shape index (κ1) is 11.6. The first-order chi connectivity index (χ1) is 9.31. The molecular weight excluding hydrogens is 240 g/mol. The topological polar surface area (TPSA) is 82.5 Å². The molecule has 2 N–H and O–H groups in total. The third-order valence-corrected chi connectivity index (χ3v) is 3.01. The molecular formula is C13H14N6. The zero-order valence-electron chi connectivity index (χ0n) is 10.6. The van der Waals surface area contributed by atoms with Gasteiger partial charge < -0.3 is 5.73 Å². The zero-order chi connectivity index (χ0) is 13.2. The van der Waals surface area contributed by atoms with E-state index in [1.54, 1.807) is 10.9 Å². The predicted molar refractivity (Wildman–Crippen MR) is 72.9 cm³/mol. The lowest BCUT2D eigenvalue weighted by Crippen LogP contribution is -2.04. The van der Waals surface area contributed by atoms with Crippen LogP contribution in [0.15, 0.2) is 30.5 Å². The molecule has 0 aliphatic heterocycles. The van der Waals surface area contributed by atoms with Crippen molar-refractivity contribution in [2.45, 2.75) is 19.8 Å². The van der Waals surface area contributed by atoms with Crippen LogP contribution in [-0.4, -0.2) is 25.2 Å². The molecule has 6 nitrogen and oxygen atoms in total. The van der Waals surface area contributed by atoms with Gasteiger partial charge in [0.15, 0.2) is 5.82 Å². The Labute approximate surface area is 110 Å². The lowest BCUT2D eigenvalue weighted by Gasteiger charge is -2.08. The largest absolute Gasteiger partial charge is 0.397 e. The molecule has 0 unspecified atom stereocenters. The average molecular weight is 254 g/mol. The third-order valence-electron chi connectivity index (χ3n) is 3.01. The summed E-state index contributed by atoms with van der Waals surface area (Å²) in [6, 6.07) is 7.62. The van der Waals surface area contributed by atoms with E-state index in [0.717, 1.165) is 35.3 Å². The van der Waals surface area contributed by atoms with Gasteiger partial charge in [-0.25, -0.2) is 0 Å². The van der Waals surface area contributed by atoms with Gasteiger partial charge in [-0.05, 0) is 41.1 Å². The summed E-state index contributed by atoms with van der Waals surface area (Å²) in [5, 5.41) is 12.8. The van der Waals surface area contributed by atoms with Crippen LogP contribution in [0.25, 0.3) is 16.6 Å². The Morgan fingerprint density at radius 2 is 2.16 bits per heavy atom. The molecule has 0 aliphatic carbocycles. The van der Waals surface area contributed by atoms with Crippen LogP contribution >= 0.6 is 0 Å². The number of rotatable bonds is 3. The summed E-state index contributed by atoms with van der Waals surface area (Å²) in [6.45, 7) is 2.10. The molecule has 0 fully saturated rings. The number of anilines is 1. The number of aryl methyl sites for hydroxylation is 1. The van der Waals surface area contributed by atoms with Crippen molar-refractivity contribution in [1.82, 2.24) is 25.2 Å². The van der Waals surface area contributed by atoms with Crippen molar-refractivity contribution in [3.8, 4) is 5.69 Å². The third kappa shape index (κ3) is 1.91. The van der Waals surface area contributed by atoms with Gasteiger partial charge in [0.1, 0.15) is 0 Å². The molecule has 0 amide bonds. The van der Waals surface area contributed by atoms with Crippen molar-refractivity contribution in [3.05, 3.63) is 36.3 Å². The fraction of sp³-hybridized carbons (Fsp3) is 0.231. The molecule has 0 spiro atoms. The minimum absolute atomic E-state index is 0.657. The molecule has 0 aliphatic rings. The van der Waals surface area contributed by atoms with Crippen LogP contribution < -0.4 is 5.73 Å². The average Bonchev–Trinajstić information content (AvgIpc) is 2.88. The Kier molecular flexibility index (Phi) is 2.83. The SMILES string of the molecule is CCCc1nnnn1-c1ccc(N)c2ncccc12. The van der Waals surface area contributed by atoms with Gasteiger partial charge in [0, 0.05) is 18.0 Å². The minimum atomic E-state index is 0.657. The summed E-state index contributed by atoms with van der Waals surface area (Å²) in [5.74, 6) is 0.845. The van der Waals surface area contributed by atoms with E-state index in [-0.39, 0.29) is 0 Å². The summed E-state index contributed by atoms with van der Waals surface area (Å²) in [5.41, 5.74) is 8.29. The molecule has 0 bridgehead atoms. The van der Waals surface area contributed by atoms with Crippen molar-refractivity contribution >= 4 is 16.6 Å². The first-order valence-corrected chi connectivity index (χ1v) is 6.22. The van der Waals surface area contributed by atoms with Crippen LogP contribution in [0.5, 0.6) is 0 Å². The summed E-state index contributed by atoms with van der Waals surface area (Å²) in [7, 11) is 0. The van der Waals surface area contributed by atoms with Crippen LogP contribution in [0.3, 0.4) is 0 Å². The van der Waals surface area contributed by atoms with E-state index in [1.807, 2.05) is 24.3 Å². The van der Waals surface area contributed by atoms with E-state index in [9.17, 15) is 0 Å². The number of hydrogen-bond acceptors (Lipinski definition) is 5. The van der Waals surface area contributed by atoms with Crippen molar-refractivity contribution in [3.63, 3.8) is 0 Å². The maximum atomic E-state index is 5.95. The minimum Gasteiger partial charge on any atom is -0.397 e. The summed E-state index contributed by atoms with van der Waals surface area (Å²) >= 11 is 0. The van der Waals surface area contributed by atoms with E-state index >= 15 is 0 Å². The van der Waals surface area contributed by atoms with Crippen LogP contribution in [0.4, 0.5) is 5.69 Å². The number of tetrazole rings is 1. The number of fused-ring (bicyclic) bond motifs is 1. The molecule has 2 aromatic heterocycles. The number of pyridine rings is 1. The van der Waals surface area contributed by atoms with Gasteiger partial charge in [0.2, 0.25) is 0 Å². The highest BCUT2D eigenvalue weighted by atomic mass is 15.5. The first-order valence-electron chi connectivity index (χ1n) is 6.22. The number of hydrogen-bond donors (Lipinski definition) is 1. The van der Waals surface area contributed by atoms with Crippen LogP contribution in [0.1, 0.15) is 19.2 Å². The van der Waals surface area contributed by atoms with Gasteiger partial charge in [0.05, 0.1) is 16.9 Å². The maximum Gasteiger partial charge on any atom is 0.156 e. The molecule has 0 saturated heterocycles. The fourth-order valence-electron chi connectivity index (χ4n) is 2.14. The standard InChI is InChI=1S/C13H14N6/c1-2-4-12-16-17-18-19(12)11-7-6-10(14)13-9(11)5-3-8-15-13/h3,5-8H,2,4,14H2,1H3. The lowest BCUT2D eigenvalue weighted by molar-refractivity contribution is 0.749.